The van der Waals surface area contributed by atoms with Crippen LogP contribution in [0.2, 0.25) is 0 Å². The van der Waals surface area contributed by atoms with Crippen LogP contribution in [-0.4, -0.2) is 15.3 Å². The molecule has 7 nitrogen and oxygen atoms in total. The first kappa shape index (κ1) is 17.2. The molecule has 2 aromatic heterocycles. The number of allylic oxidation sites excluding steroid dienone is 1. The van der Waals surface area contributed by atoms with E-state index in [9.17, 15) is 20.1 Å². The third kappa shape index (κ3) is 2.93. The van der Waals surface area contributed by atoms with Crippen molar-refractivity contribution in [2.45, 2.75) is 19.6 Å². The Kier molecular flexibility index (Phi) is 4.38. The summed E-state index contributed by atoms with van der Waals surface area (Å²) < 4.78 is 1.46. The maximum absolute atomic E-state index is 12.2. The van der Waals surface area contributed by atoms with Gasteiger partial charge >= 0.3 is 0 Å². The van der Waals surface area contributed by atoms with Crippen molar-refractivity contribution in [3.63, 3.8) is 0 Å². The molecular formula is C16H13N5O2S2. The highest BCUT2D eigenvalue weighted by atomic mass is 32.2. The lowest BCUT2D eigenvalue weighted by atomic mass is 9.72. The molecule has 1 aliphatic rings. The van der Waals surface area contributed by atoms with Gasteiger partial charge in [-0.15, -0.1) is 23.1 Å². The van der Waals surface area contributed by atoms with E-state index in [-0.39, 0.29) is 5.56 Å². The fourth-order valence-corrected chi connectivity index (χ4v) is 4.45. The zero-order valence-corrected chi connectivity index (χ0v) is 15.1. The quantitative estimate of drug-likeness (QED) is 0.883. The Hall–Kier alpha value is -2.62. The van der Waals surface area contributed by atoms with Crippen molar-refractivity contribution in [1.82, 2.24) is 14.7 Å². The van der Waals surface area contributed by atoms with Gasteiger partial charge in [0.1, 0.15) is 5.92 Å². The number of carbonyl (C=O) groups is 1. The molecule has 3 heterocycles. The number of carbonyl (C=O) groups excluding carboxylic acids is 1. The molecule has 2 aromatic rings. The summed E-state index contributed by atoms with van der Waals surface area (Å²) in [5.74, 6) is -1.01. The van der Waals surface area contributed by atoms with Crippen molar-refractivity contribution < 1.29 is 4.79 Å². The lowest BCUT2D eigenvalue weighted by molar-refractivity contribution is -0.125. The van der Waals surface area contributed by atoms with Crippen LogP contribution in [0.25, 0.3) is 4.96 Å². The molecule has 0 aromatic carbocycles. The molecule has 0 fully saturated rings. The van der Waals surface area contributed by atoms with Crippen LogP contribution in [-0.2, 0) is 10.5 Å². The molecule has 0 bridgehead atoms. The van der Waals surface area contributed by atoms with Crippen LogP contribution in [0.4, 0.5) is 0 Å². The number of thioether (sulfide) groups is 1. The standard InChI is InChI=1S/C16H13N5O2S2/c1-16(2)10(6-17)13(23)20-14(11(16)7-18)25-8-9-5-12(22)21-3-4-24-15(21)19-9/h3-5,10H,8H2,1-2H3,(H,20,23)/t10-/m0/s1. The Bertz CT molecular complexity index is 1040. The minimum Gasteiger partial charge on any atom is -0.319 e. The molecule has 1 amide bonds. The van der Waals surface area contributed by atoms with Crippen molar-refractivity contribution in [2.75, 3.05) is 0 Å². The Morgan fingerprint density at radius 2 is 2.20 bits per heavy atom. The van der Waals surface area contributed by atoms with Crippen LogP contribution in [0.1, 0.15) is 19.5 Å². The van der Waals surface area contributed by atoms with Crippen LogP contribution in [0.15, 0.2) is 33.0 Å². The van der Waals surface area contributed by atoms with Crippen LogP contribution >= 0.6 is 23.1 Å². The van der Waals surface area contributed by atoms with E-state index in [2.05, 4.69) is 16.4 Å². The van der Waals surface area contributed by atoms with Crippen LogP contribution in [0, 0.1) is 34.0 Å². The maximum Gasteiger partial charge on any atom is 0.258 e. The van der Waals surface area contributed by atoms with Gasteiger partial charge in [0.15, 0.2) is 4.96 Å². The average Bonchev–Trinajstić information content (AvgIpc) is 3.01. The number of rotatable bonds is 3. The first-order valence-electron chi connectivity index (χ1n) is 7.32. The molecule has 9 heteroatoms. The molecule has 0 saturated heterocycles. The van der Waals surface area contributed by atoms with E-state index >= 15 is 0 Å². The van der Waals surface area contributed by atoms with Gasteiger partial charge in [0.05, 0.1) is 28.4 Å². The van der Waals surface area contributed by atoms with Gasteiger partial charge < -0.3 is 5.32 Å². The van der Waals surface area contributed by atoms with E-state index in [0.717, 1.165) is 0 Å². The Morgan fingerprint density at radius 3 is 2.88 bits per heavy atom. The highest BCUT2D eigenvalue weighted by molar-refractivity contribution is 8.02. The number of fused-ring (bicyclic) bond motifs is 1. The topological polar surface area (TPSA) is 111 Å². The van der Waals surface area contributed by atoms with E-state index < -0.39 is 17.2 Å². The smallest absolute Gasteiger partial charge is 0.258 e. The number of nitrogens with zero attached hydrogens (tertiary/aromatic N) is 4. The summed E-state index contributed by atoms with van der Waals surface area (Å²) in [4.78, 5) is 29.2. The summed E-state index contributed by atoms with van der Waals surface area (Å²) in [6.07, 6.45) is 1.66. The molecule has 1 atom stereocenters. The summed E-state index contributed by atoms with van der Waals surface area (Å²) in [6, 6.07) is 5.51. The molecule has 3 rings (SSSR count). The average molecular weight is 371 g/mol. The lowest BCUT2D eigenvalue weighted by Crippen LogP contribution is -2.44. The number of nitriles is 2. The van der Waals surface area contributed by atoms with Crippen LogP contribution in [0.5, 0.6) is 0 Å². The Labute approximate surface area is 151 Å². The van der Waals surface area contributed by atoms with Crippen molar-refractivity contribution in [3.8, 4) is 12.1 Å². The fraction of sp³-hybridized carbons (Fsp3) is 0.312. The summed E-state index contributed by atoms with van der Waals surface area (Å²) in [6.45, 7) is 3.42. The van der Waals surface area contributed by atoms with E-state index in [0.29, 0.717) is 27.0 Å². The van der Waals surface area contributed by atoms with Crippen molar-refractivity contribution >= 4 is 34.0 Å². The van der Waals surface area contributed by atoms with Crippen molar-refractivity contribution in [3.05, 3.63) is 44.3 Å². The van der Waals surface area contributed by atoms with Gasteiger partial charge in [0.25, 0.3) is 5.56 Å². The second kappa shape index (κ2) is 6.36. The number of aromatic nitrogens is 2. The molecule has 0 saturated carbocycles. The minimum absolute atomic E-state index is 0.172. The monoisotopic (exact) mass is 371 g/mol. The van der Waals surface area contributed by atoms with Gasteiger partial charge in [-0.25, -0.2) is 4.98 Å². The summed E-state index contributed by atoms with van der Waals surface area (Å²) >= 11 is 2.59. The van der Waals surface area contributed by atoms with E-state index in [4.69, 9.17) is 0 Å². The second-order valence-electron chi connectivity index (χ2n) is 6.02. The SMILES string of the molecule is CC1(C)C(C#N)=C(SCc2cc(=O)n3ccsc3n2)NC(=O)[C@@H]1C#N. The number of amides is 1. The molecule has 0 aliphatic carbocycles. The van der Waals surface area contributed by atoms with Crippen molar-refractivity contribution in [2.24, 2.45) is 11.3 Å². The van der Waals surface area contributed by atoms with E-state index in [1.54, 1.807) is 25.4 Å². The maximum atomic E-state index is 12.2. The van der Waals surface area contributed by atoms with E-state index in [1.807, 2.05) is 6.07 Å². The first-order chi connectivity index (χ1) is 11.9. The van der Waals surface area contributed by atoms with Crippen molar-refractivity contribution in [1.29, 1.82) is 10.5 Å². The van der Waals surface area contributed by atoms with Crippen LogP contribution in [0.3, 0.4) is 0 Å². The van der Waals surface area contributed by atoms with Gasteiger partial charge in [-0.2, -0.15) is 10.5 Å². The zero-order valence-electron chi connectivity index (χ0n) is 13.4. The molecule has 0 unspecified atom stereocenters. The summed E-state index contributed by atoms with van der Waals surface area (Å²) in [7, 11) is 0. The summed E-state index contributed by atoms with van der Waals surface area (Å²) in [5.41, 5.74) is -0.123. The van der Waals surface area contributed by atoms with Gasteiger partial charge in [0.2, 0.25) is 5.91 Å². The lowest BCUT2D eigenvalue weighted by Gasteiger charge is -2.34. The molecule has 25 heavy (non-hydrogen) atoms. The van der Waals surface area contributed by atoms with Crippen LogP contribution < -0.4 is 10.9 Å². The Morgan fingerprint density at radius 1 is 1.44 bits per heavy atom. The molecule has 0 spiro atoms. The number of nitrogens with one attached hydrogen (secondary N) is 1. The van der Waals surface area contributed by atoms with Gasteiger partial charge in [-0.1, -0.05) is 13.8 Å². The minimum atomic E-state index is -0.920. The number of thiazole rings is 1. The number of hydrogen-bond donors (Lipinski definition) is 1. The molecule has 1 N–H and O–H groups in total. The Balaban J connectivity index is 1.92. The fourth-order valence-electron chi connectivity index (χ4n) is 2.64. The first-order valence-corrected chi connectivity index (χ1v) is 9.19. The highest BCUT2D eigenvalue weighted by Gasteiger charge is 2.44. The molecule has 126 valence electrons. The predicted molar refractivity (Wildman–Crippen MR) is 94.3 cm³/mol. The normalized spacial score (nSPS) is 19.4. The third-order valence-electron chi connectivity index (χ3n) is 4.05. The molecular weight excluding hydrogens is 358 g/mol. The predicted octanol–water partition coefficient (Wildman–Crippen LogP) is 2.02. The van der Waals surface area contributed by atoms with Gasteiger partial charge in [0, 0.05) is 28.8 Å². The summed E-state index contributed by atoms with van der Waals surface area (Å²) in [5, 5.41) is 23.6. The highest BCUT2D eigenvalue weighted by Crippen LogP contribution is 2.42. The van der Waals surface area contributed by atoms with Gasteiger partial charge in [-0.05, 0) is 0 Å². The van der Waals surface area contributed by atoms with E-state index in [1.165, 1.54) is 33.6 Å². The van der Waals surface area contributed by atoms with Gasteiger partial charge in [-0.3, -0.25) is 14.0 Å². The molecule has 1 aliphatic heterocycles. The molecule has 0 radical (unpaired) electrons. The second-order valence-corrected chi connectivity index (χ2v) is 7.88. The third-order valence-corrected chi connectivity index (χ3v) is 5.85. The largest absolute Gasteiger partial charge is 0.319 e. The zero-order chi connectivity index (χ0) is 18.2. The number of hydrogen-bond acceptors (Lipinski definition) is 7.